The Morgan fingerprint density at radius 1 is 1.18 bits per heavy atom. The average molecular weight is 315 g/mol. The SMILES string of the molecule is NC(=O)c1cccc(CNC2(c3ccc(Cl)cc3)CCC2)c1. The third kappa shape index (κ3) is 3.01. The first-order valence-electron chi connectivity index (χ1n) is 7.49. The molecule has 2 aromatic rings. The minimum atomic E-state index is -0.391. The molecule has 4 heteroatoms. The maximum absolute atomic E-state index is 11.3. The van der Waals surface area contributed by atoms with Crippen molar-refractivity contribution in [1.82, 2.24) is 5.32 Å². The Labute approximate surface area is 135 Å². The number of hydrogen-bond acceptors (Lipinski definition) is 2. The van der Waals surface area contributed by atoms with E-state index in [9.17, 15) is 4.79 Å². The number of nitrogens with one attached hydrogen (secondary N) is 1. The van der Waals surface area contributed by atoms with E-state index in [1.165, 1.54) is 12.0 Å². The molecule has 1 aliphatic rings. The maximum Gasteiger partial charge on any atom is 0.248 e. The second-order valence-corrected chi connectivity index (χ2v) is 6.30. The number of rotatable bonds is 5. The van der Waals surface area contributed by atoms with Crippen LogP contribution in [0.1, 0.15) is 40.7 Å². The number of carbonyl (C=O) groups is 1. The zero-order chi connectivity index (χ0) is 15.6. The summed E-state index contributed by atoms with van der Waals surface area (Å²) in [6.45, 7) is 0.712. The van der Waals surface area contributed by atoms with E-state index in [4.69, 9.17) is 17.3 Å². The van der Waals surface area contributed by atoms with Gasteiger partial charge in [-0.3, -0.25) is 4.79 Å². The van der Waals surface area contributed by atoms with Crippen LogP contribution in [0.25, 0.3) is 0 Å². The second kappa shape index (κ2) is 6.11. The van der Waals surface area contributed by atoms with Gasteiger partial charge in [-0.1, -0.05) is 35.9 Å². The lowest BCUT2D eigenvalue weighted by atomic mass is 9.71. The van der Waals surface area contributed by atoms with E-state index in [1.807, 2.05) is 30.3 Å². The molecule has 1 fully saturated rings. The fourth-order valence-electron chi connectivity index (χ4n) is 2.97. The monoisotopic (exact) mass is 314 g/mol. The summed E-state index contributed by atoms with van der Waals surface area (Å²) in [4.78, 5) is 11.3. The number of primary amides is 1. The highest BCUT2D eigenvalue weighted by Gasteiger charge is 2.37. The minimum Gasteiger partial charge on any atom is -0.366 e. The summed E-state index contributed by atoms with van der Waals surface area (Å²) in [6, 6.07) is 15.5. The molecule has 0 unspecified atom stereocenters. The highest BCUT2D eigenvalue weighted by molar-refractivity contribution is 6.30. The third-order valence-electron chi connectivity index (χ3n) is 4.45. The Bertz CT molecular complexity index is 678. The number of nitrogens with two attached hydrogens (primary N) is 1. The van der Waals surface area contributed by atoms with Gasteiger partial charge in [0.1, 0.15) is 0 Å². The van der Waals surface area contributed by atoms with Crippen LogP contribution >= 0.6 is 11.6 Å². The van der Waals surface area contributed by atoms with Gasteiger partial charge in [-0.2, -0.15) is 0 Å². The van der Waals surface area contributed by atoms with Gasteiger partial charge in [-0.05, 0) is 54.7 Å². The Morgan fingerprint density at radius 2 is 1.91 bits per heavy atom. The molecule has 0 radical (unpaired) electrons. The lowest BCUT2D eigenvalue weighted by molar-refractivity contribution is 0.1000. The fourth-order valence-corrected chi connectivity index (χ4v) is 3.10. The molecule has 22 heavy (non-hydrogen) atoms. The summed E-state index contributed by atoms with van der Waals surface area (Å²) >= 11 is 5.98. The van der Waals surface area contributed by atoms with E-state index in [-0.39, 0.29) is 5.54 Å². The van der Waals surface area contributed by atoms with Crippen molar-refractivity contribution < 1.29 is 4.79 Å². The average Bonchev–Trinajstić information content (AvgIpc) is 2.48. The third-order valence-corrected chi connectivity index (χ3v) is 4.70. The van der Waals surface area contributed by atoms with Crippen LogP contribution < -0.4 is 11.1 Å². The quantitative estimate of drug-likeness (QED) is 0.886. The molecule has 0 spiro atoms. The lowest BCUT2D eigenvalue weighted by Gasteiger charge is -2.43. The van der Waals surface area contributed by atoms with Crippen molar-refractivity contribution in [1.29, 1.82) is 0 Å². The predicted molar refractivity (Wildman–Crippen MR) is 88.8 cm³/mol. The van der Waals surface area contributed by atoms with E-state index in [0.29, 0.717) is 12.1 Å². The highest BCUT2D eigenvalue weighted by atomic mass is 35.5. The van der Waals surface area contributed by atoms with Gasteiger partial charge in [-0.25, -0.2) is 0 Å². The van der Waals surface area contributed by atoms with Crippen molar-refractivity contribution in [3.05, 3.63) is 70.2 Å². The number of carbonyl (C=O) groups excluding carboxylic acids is 1. The first kappa shape index (κ1) is 15.1. The summed E-state index contributed by atoms with van der Waals surface area (Å²) in [7, 11) is 0. The van der Waals surface area contributed by atoms with Crippen LogP contribution in [0.5, 0.6) is 0 Å². The molecule has 0 saturated heterocycles. The molecule has 3 nitrogen and oxygen atoms in total. The smallest absolute Gasteiger partial charge is 0.248 e. The topological polar surface area (TPSA) is 55.1 Å². The van der Waals surface area contributed by atoms with Crippen LogP contribution in [0.3, 0.4) is 0 Å². The first-order chi connectivity index (χ1) is 10.6. The molecule has 0 heterocycles. The van der Waals surface area contributed by atoms with Crippen LogP contribution in [-0.2, 0) is 12.1 Å². The van der Waals surface area contributed by atoms with Crippen molar-refractivity contribution in [3.63, 3.8) is 0 Å². The normalized spacial score (nSPS) is 16.0. The van der Waals surface area contributed by atoms with Gasteiger partial charge >= 0.3 is 0 Å². The van der Waals surface area contributed by atoms with Crippen molar-refractivity contribution in [3.8, 4) is 0 Å². The standard InChI is InChI=1S/C18H19ClN2O/c19-16-7-5-15(6-8-16)18(9-2-10-18)21-12-13-3-1-4-14(11-13)17(20)22/h1,3-8,11,21H,2,9-10,12H2,(H2,20,22). The zero-order valence-corrected chi connectivity index (χ0v) is 13.1. The maximum atomic E-state index is 11.3. The van der Waals surface area contributed by atoms with Crippen molar-refractivity contribution in [2.24, 2.45) is 5.73 Å². The molecule has 1 amide bonds. The second-order valence-electron chi connectivity index (χ2n) is 5.86. The van der Waals surface area contributed by atoms with Crippen molar-refractivity contribution in [2.75, 3.05) is 0 Å². The van der Waals surface area contributed by atoms with Gasteiger partial charge in [0, 0.05) is 22.7 Å². The largest absolute Gasteiger partial charge is 0.366 e. The number of amides is 1. The van der Waals surface area contributed by atoms with E-state index in [0.717, 1.165) is 23.4 Å². The van der Waals surface area contributed by atoms with Gasteiger partial charge in [0.05, 0.1) is 0 Å². The van der Waals surface area contributed by atoms with Crippen LogP contribution in [0.15, 0.2) is 48.5 Å². The molecule has 1 aliphatic carbocycles. The van der Waals surface area contributed by atoms with Gasteiger partial charge in [-0.15, -0.1) is 0 Å². The summed E-state index contributed by atoms with van der Waals surface area (Å²) in [5.41, 5.74) is 8.24. The summed E-state index contributed by atoms with van der Waals surface area (Å²) in [6.07, 6.45) is 3.45. The Morgan fingerprint density at radius 3 is 2.50 bits per heavy atom. The molecule has 2 aromatic carbocycles. The molecular formula is C18H19ClN2O. The molecule has 0 atom stereocenters. The Kier molecular flexibility index (Phi) is 4.19. The minimum absolute atomic E-state index is 0.0211. The summed E-state index contributed by atoms with van der Waals surface area (Å²) < 4.78 is 0. The number of benzene rings is 2. The van der Waals surface area contributed by atoms with Crippen molar-refractivity contribution >= 4 is 17.5 Å². The Hall–Kier alpha value is -1.84. The van der Waals surface area contributed by atoms with Crippen LogP contribution in [0.4, 0.5) is 0 Å². The Balaban J connectivity index is 1.75. The zero-order valence-electron chi connectivity index (χ0n) is 12.3. The lowest BCUT2D eigenvalue weighted by Crippen LogP contribution is -2.47. The van der Waals surface area contributed by atoms with Crippen LogP contribution in [0, 0.1) is 0 Å². The van der Waals surface area contributed by atoms with Crippen LogP contribution in [-0.4, -0.2) is 5.91 Å². The highest BCUT2D eigenvalue weighted by Crippen LogP contribution is 2.41. The van der Waals surface area contributed by atoms with Gasteiger partial charge < -0.3 is 11.1 Å². The molecule has 0 aliphatic heterocycles. The predicted octanol–water partition coefficient (Wildman–Crippen LogP) is 3.61. The van der Waals surface area contributed by atoms with Gasteiger partial charge in [0.15, 0.2) is 0 Å². The first-order valence-corrected chi connectivity index (χ1v) is 7.87. The molecule has 0 aromatic heterocycles. The van der Waals surface area contributed by atoms with Crippen LogP contribution in [0.2, 0.25) is 5.02 Å². The van der Waals surface area contributed by atoms with E-state index in [1.54, 1.807) is 6.07 Å². The van der Waals surface area contributed by atoms with Crippen molar-refractivity contribution in [2.45, 2.75) is 31.3 Å². The molecule has 3 rings (SSSR count). The van der Waals surface area contributed by atoms with E-state index < -0.39 is 5.91 Å². The summed E-state index contributed by atoms with van der Waals surface area (Å²) in [5.74, 6) is -0.391. The van der Waals surface area contributed by atoms with Gasteiger partial charge in [0.2, 0.25) is 5.91 Å². The van der Waals surface area contributed by atoms with E-state index in [2.05, 4.69) is 17.4 Å². The molecule has 1 saturated carbocycles. The molecule has 114 valence electrons. The number of halogens is 1. The fraction of sp³-hybridized carbons (Fsp3) is 0.278. The molecule has 3 N–H and O–H groups in total. The van der Waals surface area contributed by atoms with E-state index >= 15 is 0 Å². The van der Waals surface area contributed by atoms with Gasteiger partial charge in [0.25, 0.3) is 0 Å². The summed E-state index contributed by atoms with van der Waals surface area (Å²) in [5, 5.41) is 4.41. The molecular weight excluding hydrogens is 296 g/mol. The number of hydrogen-bond donors (Lipinski definition) is 2. The molecule has 0 bridgehead atoms.